The van der Waals surface area contributed by atoms with Gasteiger partial charge in [0.15, 0.2) is 0 Å². The molecule has 0 spiro atoms. The van der Waals surface area contributed by atoms with E-state index in [0.29, 0.717) is 17.9 Å². The molecule has 134 valence electrons. The van der Waals surface area contributed by atoms with Gasteiger partial charge in [0.05, 0.1) is 16.6 Å². The Morgan fingerprint density at radius 2 is 1.73 bits per heavy atom. The molecule has 0 fully saturated rings. The second kappa shape index (κ2) is 8.86. The minimum atomic E-state index is -0.390. The Morgan fingerprint density at radius 3 is 2.50 bits per heavy atom. The highest BCUT2D eigenvalue weighted by molar-refractivity contribution is 9.10. The molecule has 0 aromatic heterocycles. The molecule has 3 nitrogen and oxygen atoms in total. The number of benzene rings is 3. The minimum absolute atomic E-state index is 0.390. The van der Waals surface area contributed by atoms with E-state index in [4.69, 9.17) is 9.47 Å². The number of hydrogen-bond donors (Lipinski definition) is 0. The Morgan fingerprint density at radius 1 is 0.962 bits per heavy atom. The van der Waals surface area contributed by atoms with Crippen molar-refractivity contribution >= 4 is 32.7 Å². The lowest BCUT2D eigenvalue weighted by Crippen LogP contribution is -2.09. The van der Waals surface area contributed by atoms with Crippen LogP contribution in [0.1, 0.15) is 36.5 Å². The van der Waals surface area contributed by atoms with Crippen LogP contribution < -0.4 is 9.47 Å². The van der Waals surface area contributed by atoms with Crippen LogP contribution in [0.3, 0.4) is 0 Å². The highest BCUT2D eigenvalue weighted by Crippen LogP contribution is 2.33. The summed E-state index contributed by atoms with van der Waals surface area (Å²) in [5, 5.41) is 2.09. The number of carbonyl (C=O) groups is 1. The lowest BCUT2D eigenvalue weighted by molar-refractivity contribution is 0.0734. The van der Waals surface area contributed by atoms with Gasteiger partial charge in [0.25, 0.3) is 0 Å². The zero-order valence-corrected chi connectivity index (χ0v) is 16.3. The Kier molecular flexibility index (Phi) is 6.29. The van der Waals surface area contributed by atoms with Gasteiger partial charge in [-0.3, -0.25) is 0 Å². The summed E-state index contributed by atoms with van der Waals surface area (Å²) in [6.07, 6.45) is 3.36. The van der Waals surface area contributed by atoms with E-state index in [1.807, 2.05) is 30.3 Å². The summed E-state index contributed by atoms with van der Waals surface area (Å²) < 4.78 is 12.0. The molecular weight excluding hydrogens is 392 g/mol. The van der Waals surface area contributed by atoms with Crippen LogP contribution in [0.2, 0.25) is 0 Å². The van der Waals surface area contributed by atoms with Crippen LogP contribution in [0.15, 0.2) is 65.1 Å². The molecule has 0 heterocycles. The number of fused-ring (bicyclic) bond motifs is 1. The molecule has 0 aliphatic rings. The smallest absolute Gasteiger partial charge is 0.343 e. The van der Waals surface area contributed by atoms with Crippen molar-refractivity contribution in [3.8, 4) is 11.5 Å². The number of hydrogen-bond acceptors (Lipinski definition) is 3. The zero-order chi connectivity index (χ0) is 18.4. The molecule has 0 amide bonds. The minimum Gasteiger partial charge on any atom is -0.494 e. The van der Waals surface area contributed by atoms with Gasteiger partial charge in [0.2, 0.25) is 0 Å². The molecule has 26 heavy (non-hydrogen) atoms. The average Bonchev–Trinajstić information content (AvgIpc) is 2.68. The fourth-order valence-corrected chi connectivity index (χ4v) is 3.25. The van der Waals surface area contributed by atoms with Gasteiger partial charge in [-0.1, -0.05) is 50.1 Å². The number of ether oxygens (including phenoxy) is 2. The first-order chi connectivity index (χ1) is 12.7. The summed E-state index contributed by atoms with van der Waals surface area (Å²) in [6.45, 7) is 2.86. The molecule has 3 rings (SSSR count). The molecule has 0 aliphatic carbocycles. The molecule has 0 saturated heterocycles. The third-order valence-electron chi connectivity index (χ3n) is 4.14. The van der Waals surface area contributed by atoms with Crippen LogP contribution in [0.5, 0.6) is 11.5 Å². The van der Waals surface area contributed by atoms with Crippen molar-refractivity contribution in [2.24, 2.45) is 0 Å². The van der Waals surface area contributed by atoms with Gasteiger partial charge >= 0.3 is 5.97 Å². The number of unbranched alkanes of at least 4 members (excludes halogenated alkanes) is 2. The maximum atomic E-state index is 12.4. The first kappa shape index (κ1) is 18.5. The van der Waals surface area contributed by atoms with Crippen molar-refractivity contribution in [1.29, 1.82) is 0 Å². The Labute approximate surface area is 162 Å². The normalized spacial score (nSPS) is 10.7. The van der Waals surface area contributed by atoms with Crippen molar-refractivity contribution in [3.05, 3.63) is 70.7 Å². The number of halogens is 1. The second-order valence-electron chi connectivity index (χ2n) is 6.07. The third-order valence-corrected chi connectivity index (χ3v) is 4.96. The fraction of sp³-hybridized carbons (Fsp3) is 0.227. The van der Waals surface area contributed by atoms with Crippen LogP contribution >= 0.6 is 15.9 Å². The highest BCUT2D eigenvalue weighted by atomic mass is 79.9. The van der Waals surface area contributed by atoms with Crippen molar-refractivity contribution in [2.75, 3.05) is 6.61 Å². The Hall–Kier alpha value is -2.33. The Balaban J connectivity index is 1.67. The van der Waals surface area contributed by atoms with Crippen LogP contribution in [0, 0.1) is 0 Å². The van der Waals surface area contributed by atoms with Gasteiger partial charge in [0.1, 0.15) is 11.5 Å². The van der Waals surface area contributed by atoms with E-state index in [9.17, 15) is 4.79 Å². The van der Waals surface area contributed by atoms with Crippen LogP contribution in [-0.2, 0) is 0 Å². The third kappa shape index (κ3) is 4.44. The van der Waals surface area contributed by atoms with Crippen LogP contribution in [0.4, 0.5) is 0 Å². The van der Waals surface area contributed by atoms with E-state index in [0.717, 1.165) is 33.8 Å². The first-order valence-corrected chi connectivity index (χ1v) is 9.60. The summed E-state index contributed by atoms with van der Waals surface area (Å²) >= 11 is 3.54. The topological polar surface area (TPSA) is 35.5 Å². The maximum Gasteiger partial charge on any atom is 0.343 e. The van der Waals surface area contributed by atoms with Gasteiger partial charge < -0.3 is 9.47 Å². The van der Waals surface area contributed by atoms with E-state index in [2.05, 4.69) is 22.9 Å². The molecule has 3 aromatic rings. The molecule has 0 bridgehead atoms. The zero-order valence-electron chi connectivity index (χ0n) is 14.7. The molecule has 0 saturated carbocycles. The largest absolute Gasteiger partial charge is 0.494 e. The maximum absolute atomic E-state index is 12.4. The SMILES string of the molecule is CCCCCOc1ccc(C(=O)Oc2ccc3ccccc3c2Br)cc1. The van der Waals surface area contributed by atoms with E-state index < -0.39 is 5.97 Å². The van der Waals surface area contributed by atoms with E-state index in [1.54, 1.807) is 30.3 Å². The molecule has 0 unspecified atom stereocenters. The number of esters is 1. The molecule has 0 atom stereocenters. The van der Waals surface area contributed by atoms with Crippen molar-refractivity contribution in [1.82, 2.24) is 0 Å². The fourth-order valence-electron chi connectivity index (χ4n) is 2.68. The average molecular weight is 413 g/mol. The van der Waals surface area contributed by atoms with E-state index in [-0.39, 0.29) is 0 Å². The quantitative estimate of drug-likeness (QED) is 0.256. The molecule has 3 aromatic carbocycles. The monoisotopic (exact) mass is 412 g/mol. The Bertz CT molecular complexity index is 888. The van der Waals surface area contributed by atoms with Gasteiger partial charge in [0, 0.05) is 0 Å². The molecule has 0 N–H and O–H groups in total. The van der Waals surface area contributed by atoms with Crippen molar-refractivity contribution < 1.29 is 14.3 Å². The first-order valence-electron chi connectivity index (χ1n) is 8.81. The second-order valence-corrected chi connectivity index (χ2v) is 6.86. The van der Waals surface area contributed by atoms with Crippen molar-refractivity contribution in [3.63, 3.8) is 0 Å². The summed E-state index contributed by atoms with van der Waals surface area (Å²) in [6, 6.07) is 18.7. The van der Waals surface area contributed by atoms with Crippen LogP contribution in [0.25, 0.3) is 10.8 Å². The lowest BCUT2D eigenvalue weighted by atomic mass is 10.1. The summed E-state index contributed by atoms with van der Waals surface area (Å²) in [7, 11) is 0. The predicted molar refractivity (Wildman–Crippen MR) is 108 cm³/mol. The van der Waals surface area contributed by atoms with Crippen molar-refractivity contribution in [2.45, 2.75) is 26.2 Å². The summed E-state index contributed by atoms with van der Waals surface area (Å²) in [5.74, 6) is 0.886. The number of rotatable bonds is 7. The summed E-state index contributed by atoms with van der Waals surface area (Å²) in [5.41, 5.74) is 0.492. The lowest BCUT2D eigenvalue weighted by Gasteiger charge is -2.10. The highest BCUT2D eigenvalue weighted by Gasteiger charge is 2.13. The molecular formula is C22H21BrO3. The van der Waals surface area contributed by atoms with Gasteiger partial charge in [-0.25, -0.2) is 4.79 Å². The van der Waals surface area contributed by atoms with Crippen LogP contribution in [-0.4, -0.2) is 12.6 Å². The van der Waals surface area contributed by atoms with Gasteiger partial charge in [-0.15, -0.1) is 0 Å². The van der Waals surface area contributed by atoms with E-state index in [1.165, 1.54) is 6.42 Å². The van der Waals surface area contributed by atoms with E-state index >= 15 is 0 Å². The molecule has 0 aliphatic heterocycles. The van der Waals surface area contributed by atoms with Gasteiger partial charge in [-0.05, 0) is 63.5 Å². The molecule has 0 radical (unpaired) electrons. The standard InChI is InChI=1S/C22H21BrO3/c1-2-3-6-15-25-18-12-9-17(10-13-18)22(24)26-20-14-11-16-7-4-5-8-19(16)21(20)23/h4-5,7-14H,2-3,6,15H2,1H3. The summed E-state index contributed by atoms with van der Waals surface area (Å²) in [4.78, 5) is 12.4. The predicted octanol–water partition coefficient (Wildman–Crippen LogP) is 6.39. The number of carbonyl (C=O) groups excluding carboxylic acids is 1. The molecule has 4 heteroatoms. The van der Waals surface area contributed by atoms with Gasteiger partial charge in [-0.2, -0.15) is 0 Å².